The second-order valence-electron chi connectivity index (χ2n) is 9.09. The largest absolute Gasteiger partial charge is 0.495 e. The number of carbonyl (C=O) groups is 2. The number of ether oxygens (including phenoxy) is 1. The number of urea groups is 1. The molecule has 1 fully saturated rings. The number of aromatic nitrogens is 1. The molecule has 0 unspecified atom stereocenters. The van der Waals surface area contributed by atoms with E-state index in [0.717, 1.165) is 35.4 Å². The van der Waals surface area contributed by atoms with Gasteiger partial charge in [-0.1, -0.05) is 41.0 Å². The number of alkyl halides is 3. The zero-order chi connectivity index (χ0) is 28.8. The van der Waals surface area contributed by atoms with Crippen LogP contribution in [0.1, 0.15) is 33.6 Å². The van der Waals surface area contributed by atoms with Gasteiger partial charge in [0.2, 0.25) is 0 Å². The summed E-state index contributed by atoms with van der Waals surface area (Å²) in [6.07, 6.45) is 0.757. The number of halogens is 5. The van der Waals surface area contributed by atoms with Gasteiger partial charge in [-0.3, -0.25) is 14.5 Å². The Labute approximate surface area is 246 Å². The maximum atomic E-state index is 14.0. The van der Waals surface area contributed by atoms with Gasteiger partial charge >= 0.3 is 11.4 Å². The molecule has 0 atom stereocenters. The van der Waals surface area contributed by atoms with E-state index in [2.05, 4.69) is 5.32 Å². The first kappa shape index (κ1) is 28.5. The number of rotatable bonds is 6. The van der Waals surface area contributed by atoms with Crippen LogP contribution in [0.15, 0.2) is 51.0 Å². The molecule has 0 aliphatic carbocycles. The Kier molecular flexibility index (Phi) is 7.93. The van der Waals surface area contributed by atoms with Crippen molar-refractivity contribution in [1.82, 2.24) is 15.2 Å². The normalized spacial score (nSPS) is 15.2. The number of nitrogens with zero attached hydrogens (tertiary/aromatic N) is 2. The Balaban J connectivity index is 1.52. The highest BCUT2D eigenvalue weighted by atomic mass is 35.5. The molecule has 1 aromatic heterocycles. The highest BCUT2D eigenvalue weighted by Gasteiger charge is 2.35. The summed E-state index contributed by atoms with van der Waals surface area (Å²) in [5.41, 5.74) is -0.195. The van der Waals surface area contributed by atoms with Crippen LogP contribution in [0.25, 0.3) is 0 Å². The molecule has 2 N–H and O–H groups in total. The Morgan fingerprint density at radius 2 is 1.77 bits per heavy atom. The highest BCUT2D eigenvalue weighted by molar-refractivity contribution is 7.99. The van der Waals surface area contributed by atoms with Crippen molar-refractivity contribution >= 4 is 64.2 Å². The van der Waals surface area contributed by atoms with Crippen molar-refractivity contribution in [3.63, 3.8) is 0 Å². The Bertz CT molecular complexity index is 1560. The number of benzene rings is 2. The number of fused-ring (bicyclic) bond motifs is 1. The van der Waals surface area contributed by atoms with E-state index in [9.17, 15) is 23.2 Å². The van der Waals surface area contributed by atoms with Crippen molar-refractivity contribution < 1.29 is 23.1 Å². The molecule has 2 aliphatic rings. The minimum atomic E-state index is -3.89. The SMILES string of the molecule is COc1cc2c(cc1N1CCCNC1=O)CN(C(=O)c1c(Sc3c(Cl)cccc3Cl)cc(C(F)(F)Cl)[nH]c1=O)C2. The third kappa shape index (κ3) is 5.47. The first-order chi connectivity index (χ1) is 19.0. The summed E-state index contributed by atoms with van der Waals surface area (Å²) in [6.45, 7) is 1.32. The van der Waals surface area contributed by atoms with Crippen LogP contribution in [-0.4, -0.2) is 42.0 Å². The predicted molar refractivity (Wildman–Crippen MR) is 149 cm³/mol. The van der Waals surface area contributed by atoms with Gasteiger partial charge in [0.25, 0.3) is 11.5 Å². The molecule has 0 saturated carbocycles. The van der Waals surface area contributed by atoms with E-state index < -0.39 is 22.5 Å². The third-order valence-corrected chi connectivity index (χ3v) is 8.77. The minimum absolute atomic E-state index is 0.0849. The number of hydrogen-bond donors (Lipinski definition) is 2. The summed E-state index contributed by atoms with van der Waals surface area (Å²) >= 11 is 18.6. The zero-order valence-corrected chi connectivity index (χ0v) is 23.9. The van der Waals surface area contributed by atoms with Gasteiger partial charge < -0.3 is 19.9 Å². The number of hydrogen-bond acceptors (Lipinski definition) is 5. The summed E-state index contributed by atoms with van der Waals surface area (Å²) in [7, 11) is 1.49. The van der Waals surface area contributed by atoms with Crippen LogP contribution in [0, 0.1) is 0 Å². The standard InChI is InChI=1S/C26H21Cl3F2N4O4S/c1-39-18-9-14-12-34(11-13(14)8-17(18)35-7-3-6-32-25(35)38)24(37)21-19(10-20(26(29,30)31)33-23(21)36)40-22-15(27)4-2-5-16(22)28/h2,4-5,8-10H,3,6-7,11-12H2,1H3,(H,32,38)(H,33,36). The van der Waals surface area contributed by atoms with Gasteiger partial charge in [-0.2, -0.15) is 8.78 Å². The van der Waals surface area contributed by atoms with Crippen molar-refractivity contribution in [3.8, 4) is 5.75 Å². The second-order valence-corrected chi connectivity index (χ2v) is 11.4. The molecule has 2 aromatic carbocycles. The van der Waals surface area contributed by atoms with E-state index in [1.54, 1.807) is 35.2 Å². The van der Waals surface area contributed by atoms with E-state index in [1.165, 1.54) is 12.0 Å². The quantitative estimate of drug-likeness (QED) is 0.317. The number of amides is 3. The number of H-pyrrole nitrogens is 1. The molecule has 0 spiro atoms. The molecule has 5 rings (SSSR count). The molecule has 14 heteroatoms. The van der Waals surface area contributed by atoms with Gasteiger partial charge in [-0.15, -0.1) is 0 Å². The number of anilines is 1. The molecule has 3 heterocycles. The van der Waals surface area contributed by atoms with E-state index in [-0.39, 0.29) is 44.5 Å². The predicted octanol–water partition coefficient (Wildman–Crippen LogP) is 6.21. The Morgan fingerprint density at radius 1 is 1.10 bits per heavy atom. The number of aromatic amines is 1. The average molecular weight is 630 g/mol. The second kappa shape index (κ2) is 11.1. The lowest BCUT2D eigenvalue weighted by Gasteiger charge is -2.29. The van der Waals surface area contributed by atoms with Crippen LogP contribution >= 0.6 is 46.6 Å². The first-order valence-electron chi connectivity index (χ1n) is 12.0. The van der Waals surface area contributed by atoms with Crippen LogP contribution in [0.5, 0.6) is 5.75 Å². The van der Waals surface area contributed by atoms with Crippen molar-refractivity contribution in [2.45, 2.75) is 34.7 Å². The molecule has 1 saturated heterocycles. The maximum absolute atomic E-state index is 14.0. The summed E-state index contributed by atoms with van der Waals surface area (Å²) in [5.74, 6) is -0.231. The average Bonchev–Trinajstić information content (AvgIpc) is 3.32. The van der Waals surface area contributed by atoms with Crippen LogP contribution in [0.2, 0.25) is 10.0 Å². The number of carbonyl (C=O) groups excluding carboxylic acids is 2. The summed E-state index contributed by atoms with van der Waals surface area (Å²) < 4.78 is 33.6. The van der Waals surface area contributed by atoms with Gasteiger partial charge in [0.05, 0.1) is 22.8 Å². The van der Waals surface area contributed by atoms with Gasteiger partial charge in [0.1, 0.15) is 17.0 Å². The van der Waals surface area contributed by atoms with Crippen molar-refractivity contribution in [2.75, 3.05) is 25.1 Å². The lowest BCUT2D eigenvalue weighted by atomic mass is 10.1. The van der Waals surface area contributed by atoms with Crippen LogP contribution in [0.4, 0.5) is 19.3 Å². The molecule has 0 bridgehead atoms. The fourth-order valence-electron chi connectivity index (χ4n) is 4.61. The van der Waals surface area contributed by atoms with Crippen molar-refractivity contribution in [1.29, 1.82) is 0 Å². The number of pyridine rings is 1. The van der Waals surface area contributed by atoms with E-state index in [4.69, 9.17) is 39.5 Å². The molecule has 3 amide bonds. The van der Waals surface area contributed by atoms with Gasteiger partial charge in [-0.25, -0.2) is 4.79 Å². The van der Waals surface area contributed by atoms with E-state index in [0.29, 0.717) is 24.5 Å². The maximum Gasteiger partial charge on any atom is 0.362 e. The number of methoxy groups -OCH3 is 1. The Hall–Kier alpha value is -2.99. The molecular weight excluding hydrogens is 609 g/mol. The molecular formula is C26H21Cl3F2N4O4S. The molecule has 40 heavy (non-hydrogen) atoms. The lowest BCUT2D eigenvalue weighted by Crippen LogP contribution is -2.46. The molecule has 0 radical (unpaired) electrons. The molecule has 8 nitrogen and oxygen atoms in total. The highest BCUT2D eigenvalue weighted by Crippen LogP contribution is 2.42. The summed E-state index contributed by atoms with van der Waals surface area (Å²) in [4.78, 5) is 44.5. The van der Waals surface area contributed by atoms with E-state index in [1.807, 2.05) is 4.98 Å². The van der Waals surface area contributed by atoms with Crippen molar-refractivity contribution in [2.24, 2.45) is 0 Å². The molecule has 3 aromatic rings. The fraction of sp³-hybridized carbons (Fsp3) is 0.269. The third-order valence-electron chi connectivity index (χ3n) is 6.53. The number of nitrogens with one attached hydrogen (secondary N) is 2. The van der Waals surface area contributed by atoms with Gasteiger partial charge in [0.15, 0.2) is 0 Å². The van der Waals surface area contributed by atoms with Crippen LogP contribution in [-0.2, 0) is 18.5 Å². The zero-order valence-electron chi connectivity index (χ0n) is 20.8. The van der Waals surface area contributed by atoms with Crippen LogP contribution < -0.4 is 20.5 Å². The van der Waals surface area contributed by atoms with Gasteiger partial charge in [0, 0.05) is 36.0 Å². The first-order valence-corrected chi connectivity index (χ1v) is 13.9. The summed E-state index contributed by atoms with van der Waals surface area (Å²) in [5, 5.41) is -0.666. The smallest absolute Gasteiger partial charge is 0.362 e. The lowest BCUT2D eigenvalue weighted by molar-refractivity contribution is 0.0740. The van der Waals surface area contributed by atoms with Crippen LogP contribution in [0.3, 0.4) is 0 Å². The molecule has 2 aliphatic heterocycles. The van der Waals surface area contributed by atoms with E-state index >= 15 is 0 Å². The van der Waals surface area contributed by atoms with Crippen molar-refractivity contribution in [3.05, 3.63) is 79.2 Å². The summed E-state index contributed by atoms with van der Waals surface area (Å²) in [6, 6.07) is 8.93. The minimum Gasteiger partial charge on any atom is -0.495 e. The topological polar surface area (TPSA) is 94.7 Å². The fourth-order valence-corrected chi connectivity index (χ4v) is 6.35. The Morgan fingerprint density at radius 3 is 2.40 bits per heavy atom. The molecule has 210 valence electrons. The van der Waals surface area contributed by atoms with Gasteiger partial charge in [-0.05, 0) is 59.5 Å². The monoisotopic (exact) mass is 628 g/mol.